The summed E-state index contributed by atoms with van der Waals surface area (Å²) in [5.41, 5.74) is 0. The molecule has 0 aromatic heterocycles. The third-order valence-electron chi connectivity index (χ3n) is 0.389. The number of rotatable bonds is 2. The summed E-state index contributed by atoms with van der Waals surface area (Å²) in [5.74, 6) is 0. The molecular weight excluding hydrogens is 148 g/mol. The van der Waals surface area contributed by atoms with Crippen LogP contribution in [0.5, 0.6) is 0 Å². The quantitative estimate of drug-likeness (QED) is 0.539. The Morgan fingerprint density at radius 2 is 2.17 bits per heavy atom. The van der Waals surface area contributed by atoms with Crippen molar-refractivity contribution in [1.82, 2.24) is 0 Å². The van der Waals surface area contributed by atoms with Crippen LogP contribution in [0.4, 0.5) is 0 Å². The maximum absolute atomic E-state index is 8.37. The van der Waals surface area contributed by atoms with Crippen LogP contribution in [0.2, 0.25) is 0 Å². The zero-order valence-electron chi connectivity index (χ0n) is 3.26. The Hall–Kier alpha value is 0.400. The minimum atomic E-state index is -0.593. The molecule has 0 spiro atoms. The molecule has 1 atom stereocenters. The monoisotopic (exact) mass is 154 g/mol. The highest BCUT2D eigenvalue weighted by molar-refractivity contribution is 9.09. The highest BCUT2D eigenvalue weighted by atomic mass is 79.9. The van der Waals surface area contributed by atoms with Crippen LogP contribution < -0.4 is 0 Å². The normalized spacial score (nSPS) is 14.5. The zero-order valence-corrected chi connectivity index (χ0v) is 4.85. The maximum Gasteiger partial charge on any atom is 0.0867 e. The average molecular weight is 155 g/mol. The minimum Gasteiger partial charge on any atom is -0.394 e. The second-order valence-electron chi connectivity index (χ2n) is 0.991. The molecule has 0 unspecified atom stereocenters. The van der Waals surface area contributed by atoms with Crippen LogP contribution in [0.15, 0.2) is 0 Å². The van der Waals surface area contributed by atoms with Gasteiger partial charge in [0.1, 0.15) is 0 Å². The van der Waals surface area contributed by atoms with Gasteiger partial charge in [0.25, 0.3) is 0 Å². The van der Waals surface area contributed by atoms with Gasteiger partial charge < -0.3 is 10.2 Å². The molecule has 2 N–H and O–H groups in total. The van der Waals surface area contributed by atoms with Crippen LogP contribution in [-0.4, -0.2) is 28.3 Å². The molecular formula is C3H7BrO2. The predicted octanol–water partition coefficient (Wildman–Crippen LogP) is -0.265. The molecule has 0 saturated carbocycles. The third kappa shape index (κ3) is 2.63. The number of aliphatic hydroxyl groups is 2. The Bertz CT molecular complexity index is 28.0. The first-order valence-electron chi connectivity index (χ1n) is 1.66. The van der Waals surface area contributed by atoms with Crippen LogP contribution in [0.25, 0.3) is 0 Å². The van der Waals surface area contributed by atoms with Gasteiger partial charge in [0.15, 0.2) is 0 Å². The van der Waals surface area contributed by atoms with E-state index in [1.54, 1.807) is 0 Å². The second-order valence-corrected chi connectivity index (χ2v) is 1.64. The van der Waals surface area contributed by atoms with Gasteiger partial charge in [0.2, 0.25) is 0 Å². The Labute approximate surface area is 44.9 Å². The van der Waals surface area contributed by atoms with Crippen molar-refractivity contribution in [3.8, 4) is 0 Å². The van der Waals surface area contributed by atoms with Crippen LogP contribution in [-0.2, 0) is 0 Å². The van der Waals surface area contributed by atoms with Crippen LogP contribution >= 0.6 is 15.9 Å². The molecule has 0 aliphatic carbocycles. The van der Waals surface area contributed by atoms with E-state index in [2.05, 4.69) is 15.9 Å². The summed E-state index contributed by atoms with van der Waals surface area (Å²) in [4.78, 5) is 0. The molecule has 0 rings (SSSR count). The van der Waals surface area contributed by atoms with Crippen molar-refractivity contribution in [2.75, 3.05) is 11.9 Å². The first kappa shape index (κ1) is 6.40. The van der Waals surface area contributed by atoms with Gasteiger partial charge in [-0.15, -0.1) is 0 Å². The van der Waals surface area contributed by atoms with Crippen molar-refractivity contribution in [3.63, 3.8) is 0 Å². The third-order valence-corrected chi connectivity index (χ3v) is 1.14. The van der Waals surface area contributed by atoms with Crippen molar-refractivity contribution in [2.45, 2.75) is 6.10 Å². The zero-order chi connectivity index (χ0) is 4.99. The van der Waals surface area contributed by atoms with Crippen molar-refractivity contribution >= 4 is 15.9 Å². The molecule has 0 heterocycles. The summed E-state index contributed by atoms with van der Waals surface area (Å²) in [6.07, 6.45) is -0.593. The highest BCUT2D eigenvalue weighted by Crippen LogP contribution is 1.85. The van der Waals surface area contributed by atoms with Crippen LogP contribution in [0.3, 0.4) is 0 Å². The average Bonchev–Trinajstić information content (AvgIpc) is 1.65. The fraction of sp³-hybridized carbons (Fsp3) is 1.00. The summed E-state index contributed by atoms with van der Waals surface area (Å²) in [6.45, 7) is -0.161. The fourth-order valence-corrected chi connectivity index (χ4v) is 0.254. The Kier molecular flexibility index (Phi) is 3.82. The molecule has 0 aromatic rings. The lowest BCUT2D eigenvalue weighted by Gasteiger charge is -1.96. The van der Waals surface area contributed by atoms with Gasteiger partial charge in [-0.05, 0) is 0 Å². The van der Waals surface area contributed by atoms with Crippen molar-refractivity contribution in [3.05, 3.63) is 0 Å². The lowest BCUT2D eigenvalue weighted by atomic mass is 10.5. The van der Waals surface area contributed by atoms with Gasteiger partial charge in [-0.3, -0.25) is 0 Å². The lowest BCUT2D eigenvalue weighted by Crippen LogP contribution is -2.12. The van der Waals surface area contributed by atoms with E-state index in [4.69, 9.17) is 10.2 Å². The summed E-state index contributed by atoms with van der Waals surface area (Å²) in [6, 6.07) is 0. The summed E-state index contributed by atoms with van der Waals surface area (Å²) in [5, 5.41) is 16.9. The van der Waals surface area contributed by atoms with Gasteiger partial charge in [0.05, 0.1) is 12.7 Å². The van der Waals surface area contributed by atoms with E-state index in [1.165, 1.54) is 0 Å². The van der Waals surface area contributed by atoms with Crippen LogP contribution in [0.1, 0.15) is 0 Å². The summed E-state index contributed by atoms with van der Waals surface area (Å²) in [7, 11) is 0. The summed E-state index contributed by atoms with van der Waals surface area (Å²) < 4.78 is 0. The molecule has 0 saturated heterocycles. The number of hydrogen-bond donors (Lipinski definition) is 2. The molecule has 0 aliphatic rings. The molecule has 38 valence electrons. The molecule has 0 aliphatic heterocycles. The molecule has 0 aromatic carbocycles. The van der Waals surface area contributed by atoms with Gasteiger partial charge in [-0.25, -0.2) is 0 Å². The van der Waals surface area contributed by atoms with E-state index in [9.17, 15) is 0 Å². The molecule has 3 heteroatoms. The first-order valence-corrected chi connectivity index (χ1v) is 2.78. The molecule has 0 radical (unpaired) electrons. The van der Waals surface area contributed by atoms with Crippen molar-refractivity contribution in [2.24, 2.45) is 0 Å². The van der Waals surface area contributed by atoms with E-state index in [0.29, 0.717) is 5.33 Å². The maximum atomic E-state index is 8.37. The van der Waals surface area contributed by atoms with E-state index in [1.807, 2.05) is 0 Å². The Morgan fingerprint density at radius 3 is 2.17 bits per heavy atom. The fourth-order valence-electron chi connectivity index (χ4n) is 0.0488. The number of hydrogen-bond acceptors (Lipinski definition) is 2. The first-order chi connectivity index (χ1) is 2.81. The van der Waals surface area contributed by atoms with Gasteiger partial charge in [-0.2, -0.15) is 0 Å². The molecule has 0 bridgehead atoms. The van der Waals surface area contributed by atoms with E-state index in [0.717, 1.165) is 0 Å². The van der Waals surface area contributed by atoms with Crippen LogP contribution in [0, 0.1) is 0 Å². The van der Waals surface area contributed by atoms with Gasteiger partial charge in [-0.1, -0.05) is 15.9 Å². The molecule has 2 nitrogen and oxygen atoms in total. The van der Waals surface area contributed by atoms with Crippen molar-refractivity contribution < 1.29 is 10.2 Å². The molecule has 0 fully saturated rings. The number of halogens is 1. The molecule has 6 heavy (non-hydrogen) atoms. The van der Waals surface area contributed by atoms with Crippen molar-refractivity contribution in [1.29, 1.82) is 0 Å². The van der Waals surface area contributed by atoms with Gasteiger partial charge >= 0.3 is 0 Å². The predicted molar refractivity (Wildman–Crippen MR) is 26.9 cm³/mol. The molecule has 0 amide bonds. The smallest absolute Gasteiger partial charge is 0.0867 e. The summed E-state index contributed by atoms with van der Waals surface area (Å²) >= 11 is 2.96. The Balaban J connectivity index is 2.75. The Morgan fingerprint density at radius 1 is 1.67 bits per heavy atom. The van der Waals surface area contributed by atoms with E-state index < -0.39 is 6.10 Å². The SMILES string of the molecule is OC[C@@H](O)CBr. The standard InChI is InChI=1S/C3H7BrO2/c4-1-3(6)2-5/h3,5-6H,1-2H2/t3-/m0/s1. The van der Waals surface area contributed by atoms with E-state index >= 15 is 0 Å². The number of aliphatic hydroxyl groups excluding tert-OH is 2. The van der Waals surface area contributed by atoms with Gasteiger partial charge in [0, 0.05) is 5.33 Å². The topological polar surface area (TPSA) is 40.5 Å². The minimum absolute atomic E-state index is 0.161. The largest absolute Gasteiger partial charge is 0.394 e. The number of alkyl halides is 1. The highest BCUT2D eigenvalue weighted by Gasteiger charge is 1.93. The lowest BCUT2D eigenvalue weighted by molar-refractivity contribution is 0.114. The second kappa shape index (κ2) is 3.59. The van der Waals surface area contributed by atoms with E-state index in [-0.39, 0.29) is 6.61 Å².